The first-order valence-electron chi connectivity index (χ1n) is 14.6. The van der Waals surface area contributed by atoms with Crippen molar-refractivity contribution in [3.63, 3.8) is 0 Å². The van der Waals surface area contributed by atoms with E-state index < -0.39 is 36.0 Å². The van der Waals surface area contributed by atoms with Gasteiger partial charge in [0.15, 0.2) is 5.78 Å². The molecule has 2 aliphatic rings. The third-order valence-corrected chi connectivity index (χ3v) is 9.28. The highest BCUT2D eigenvalue weighted by molar-refractivity contribution is 7.12. The molecule has 0 aliphatic carbocycles. The summed E-state index contributed by atoms with van der Waals surface area (Å²) in [4.78, 5) is 42.4. The van der Waals surface area contributed by atoms with Gasteiger partial charge in [-0.25, -0.2) is 15.0 Å². The Hall–Kier alpha value is -3.72. The molecule has 2 aliphatic heterocycles. The molecular formula is C30H32F5N5O4S. The highest BCUT2D eigenvalue weighted by Crippen LogP contribution is 2.41. The molecular weight excluding hydrogens is 621 g/mol. The van der Waals surface area contributed by atoms with Crippen LogP contribution < -0.4 is 9.64 Å². The molecule has 0 radical (unpaired) electrons. The van der Waals surface area contributed by atoms with Crippen LogP contribution in [0.25, 0.3) is 11.3 Å². The Morgan fingerprint density at radius 2 is 1.87 bits per heavy atom. The number of carboxylic acid groups (broad SMARTS) is 1. The summed E-state index contributed by atoms with van der Waals surface area (Å²) in [6, 6.07) is 3.19. The average Bonchev–Trinajstić information content (AvgIpc) is 3.63. The summed E-state index contributed by atoms with van der Waals surface area (Å²) in [5.74, 6) is -2.04. The predicted molar refractivity (Wildman–Crippen MR) is 156 cm³/mol. The number of hydrogen-bond acceptors (Lipinski definition) is 9. The number of carbonyl (C=O) groups excluding carboxylic acids is 1. The Morgan fingerprint density at radius 1 is 1.11 bits per heavy atom. The lowest BCUT2D eigenvalue weighted by molar-refractivity contribution is -0.143. The number of ether oxygens (including phenoxy) is 1. The standard InChI is InChI=1S/C30H32F5N5O4S/c1-2-19-4-3-9-40(19)16-24-27(18-5-6-23(44-29(31)32)20(12-18)30(33,34)35)38-26(45-24)13-22(41)21-14-37-25(15-36-21)39-10-7-17(8-11-39)28(42)43/h5-6,12,14-15,17,19,29H,2-4,7-11,13,16H2,1H3,(H,42,43)/t19-/m1/s1. The smallest absolute Gasteiger partial charge is 0.419 e. The van der Waals surface area contributed by atoms with Crippen LogP contribution in [-0.4, -0.2) is 69.0 Å². The molecule has 0 spiro atoms. The highest BCUT2D eigenvalue weighted by atomic mass is 32.1. The van der Waals surface area contributed by atoms with E-state index >= 15 is 0 Å². The molecule has 2 saturated heterocycles. The number of rotatable bonds is 11. The van der Waals surface area contributed by atoms with Crippen LogP contribution in [0.2, 0.25) is 0 Å². The summed E-state index contributed by atoms with van der Waals surface area (Å²) in [6.07, 6.45) is 1.56. The van der Waals surface area contributed by atoms with Gasteiger partial charge in [-0.2, -0.15) is 22.0 Å². The van der Waals surface area contributed by atoms with Gasteiger partial charge in [0, 0.05) is 36.1 Å². The zero-order valence-corrected chi connectivity index (χ0v) is 25.2. The summed E-state index contributed by atoms with van der Waals surface area (Å²) < 4.78 is 71.3. The molecule has 242 valence electrons. The second kappa shape index (κ2) is 13.7. The topological polar surface area (TPSA) is 109 Å². The number of likely N-dealkylation sites (tertiary alicyclic amines) is 1. The van der Waals surface area contributed by atoms with Gasteiger partial charge in [-0.1, -0.05) is 6.92 Å². The van der Waals surface area contributed by atoms with Gasteiger partial charge in [-0.3, -0.25) is 14.5 Å². The third-order valence-electron chi connectivity index (χ3n) is 8.24. The van der Waals surface area contributed by atoms with E-state index in [4.69, 9.17) is 0 Å². The Morgan fingerprint density at radius 3 is 2.49 bits per heavy atom. The van der Waals surface area contributed by atoms with Crippen molar-refractivity contribution in [1.82, 2.24) is 19.9 Å². The summed E-state index contributed by atoms with van der Waals surface area (Å²) in [5.41, 5.74) is -0.912. The minimum atomic E-state index is -4.95. The molecule has 4 heterocycles. The number of piperidine rings is 1. The number of carboxylic acids is 1. The van der Waals surface area contributed by atoms with Crippen LogP contribution in [0.1, 0.15) is 65.0 Å². The van der Waals surface area contributed by atoms with Crippen molar-refractivity contribution < 1.29 is 41.4 Å². The molecule has 1 N–H and O–H groups in total. The van der Waals surface area contributed by atoms with Crippen LogP contribution >= 0.6 is 11.3 Å². The first kappa shape index (κ1) is 32.7. The molecule has 0 amide bonds. The number of nitrogens with zero attached hydrogens (tertiary/aromatic N) is 5. The molecule has 1 aromatic carbocycles. The Bertz CT molecular complexity index is 1510. The van der Waals surface area contributed by atoms with E-state index in [9.17, 15) is 36.6 Å². The van der Waals surface area contributed by atoms with Crippen molar-refractivity contribution in [2.75, 3.05) is 24.5 Å². The second-order valence-electron chi connectivity index (χ2n) is 11.1. The van der Waals surface area contributed by atoms with Gasteiger partial charge in [-0.05, 0) is 56.8 Å². The molecule has 0 bridgehead atoms. The van der Waals surface area contributed by atoms with Crippen LogP contribution in [0.15, 0.2) is 30.6 Å². The predicted octanol–water partition coefficient (Wildman–Crippen LogP) is 6.32. The molecule has 9 nitrogen and oxygen atoms in total. The molecule has 45 heavy (non-hydrogen) atoms. The number of ketones is 1. The van der Waals surface area contributed by atoms with Crippen molar-refractivity contribution in [2.24, 2.45) is 5.92 Å². The van der Waals surface area contributed by atoms with E-state index in [1.54, 1.807) is 0 Å². The number of benzene rings is 1. The fraction of sp³-hybridized carbons (Fsp3) is 0.500. The molecule has 5 rings (SSSR count). The number of alkyl halides is 5. The fourth-order valence-corrected chi connectivity index (χ4v) is 6.98. The molecule has 1 atom stereocenters. The van der Waals surface area contributed by atoms with Crippen LogP contribution in [0.3, 0.4) is 0 Å². The van der Waals surface area contributed by atoms with Gasteiger partial charge in [0.25, 0.3) is 0 Å². The van der Waals surface area contributed by atoms with Crippen molar-refractivity contribution >= 4 is 28.9 Å². The Balaban J connectivity index is 1.39. The molecule has 2 aromatic heterocycles. The number of aromatic nitrogens is 3. The van der Waals surface area contributed by atoms with Gasteiger partial charge in [0.05, 0.1) is 36.0 Å². The monoisotopic (exact) mass is 653 g/mol. The quantitative estimate of drug-likeness (QED) is 0.188. The summed E-state index contributed by atoms with van der Waals surface area (Å²) in [6.45, 7) is 0.892. The van der Waals surface area contributed by atoms with Crippen LogP contribution in [0, 0.1) is 5.92 Å². The Labute approximate surface area is 260 Å². The van der Waals surface area contributed by atoms with Gasteiger partial charge in [0.2, 0.25) is 0 Å². The number of halogens is 5. The van der Waals surface area contributed by atoms with E-state index in [1.165, 1.54) is 29.8 Å². The van der Waals surface area contributed by atoms with E-state index in [0.717, 1.165) is 37.9 Å². The van der Waals surface area contributed by atoms with Crippen molar-refractivity contribution in [3.8, 4) is 17.0 Å². The zero-order valence-electron chi connectivity index (χ0n) is 24.4. The van der Waals surface area contributed by atoms with Gasteiger partial charge < -0.3 is 14.7 Å². The third kappa shape index (κ3) is 7.75. The lowest BCUT2D eigenvalue weighted by Crippen LogP contribution is -2.36. The van der Waals surface area contributed by atoms with E-state index in [0.29, 0.717) is 54.2 Å². The maximum absolute atomic E-state index is 13.8. The Kier molecular flexibility index (Phi) is 9.97. The lowest BCUT2D eigenvalue weighted by atomic mass is 9.97. The largest absolute Gasteiger partial charge is 0.481 e. The van der Waals surface area contributed by atoms with Crippen molar-refractivity contribution in [1.29, 1.82) is 0 Å². The normalized spacial score (nSPS) is 18.1. The molecule has 3 aromatic rings. The first-order chi connectivity index (χ1) is 21.4. The van der Waals surface area contributed by atoms with E-state index in [2.05, 4.69) is 31.5 Å². The SMILES string of the molecule is CC[C@@H]1CCCN1Cc1sc(CC(=O)c2cnc(N3CCC(C(=O)O)CC3)cn2)nc1-c1ccc(OC(F)F)c(C(F)(F)F)c1. The summed E-state index contributed by atoms with van der Waals surface area (Å²) in [7, 11) is 0. The number of Topliss-reactive ketones (excluding diaryl/α,β-unsaturated/α-hetero) is 1. The fourth-order valence-electron chi connectivity index (χ4n) is 5.87. The molecule has 0 saturated carbocycles. The average molecular weight is 654 g/mol. The summed E-state index contributed by atoms with van der Waals surface area (Å²) in [5, 5.41) is 9.58. The van der Waals surface area contributed by atoms with Gasteiger partial charge in [0.1, 0.15) is 22.3 Å². The number of thiazole rings is 1. The van der Waals surface area contributed by atoms with Crippen LogP contribution in [-0.2, 0) is 23.9 Å². The molecule has 2 fully saturated rings. The van der Waals surface area contributed by atoms with Crippen LogP contribution in [0.5, 0.6) is 5.75 Å². The number of anilines is 1. The second-order valence-corrected chi connectivity index (χ2v) is 12.3. The minimum Gasteiger partial charge on any atom is -0.481 e. The van der Waals surface area contributed by atoms with Crippen LogP contribution in [0.4, 0.5) is 27.8 Å². The maximum atomic E-state index is 13.8. The lowest BCUT2D eigenvalue weighted by Gasteiger charge is -2.30. The molecule has 15 heteroatoms. The zero-order chi connectivity index (χ0) is 32.3. The number of carbonyl (C=O) groups is 2. The molecule has 0 unspecified atom stereocenters. The maximum Gasteiger partial charge on any atom is 0.419 e. The highest BCUT2D eigenvalue weighted by Gasteiger charge is 2.36. The van der Waals surface area contributed by atoms with E-state index in [-0.39, 0.29) is 29.2 Å². The number of hydrogen-bond donors (Lipinski definition) is 1. The van der Waals surface area contributed by atoms with E-state index in [1.807, 2.05) is 4.90 Å². The van der Waals surface area contributed by atoms with Gasteiger partial charge in [-0.15, -0.1) is 11.3 Å². The van der Waals surface area contributed by atoms with Crippen molar-refractivity contribution in [3.05, 3.63) is 51.7 Å². The minimum absolute atomic E-state index is 0.0805. The van der Waals surface area contributed by atoms with Gasteiger partial charge >= 0.3 is 18.8 Å². The number of aliphatic carboxylic acids is 1. The first-order valence-corrected chi connectivity index (χ1v) is 15.5. The van der Waals surface area contributed by atoms with Crippen molar-refractivity contribution in [2.45, 2.75) is 70.8 Å². The summed E-state index contributed by atoms with van der Waals surface area (Å²) >= 11 is 1.22.